The lowest BCUT2D eigenvalue weighted by atomic mass is 10.1. The number of aromatic nitrogens is 2. The van der Waals surface area contributed by atoms with Crippen LogP contribution in [0.2, 0.25) is 0 Å². The van der Waals surface area contributed by atoms with E-state index in [0.717, 1.165) is 18.1 Å². The van der Waals surface area contributed by atoms with Crippen molar-refractivity contribution in [2.45, 2.75) is 13.3 Å². The van der Waals surface area contributed by atoms with E-state index in [9.17, 15) is 13.6 Å². The second-order valence-corrected chi connectivity index (χ2v) is 6.79. The van der Waals surface area contributed by atoms with Gasteiger partial charge in [-0.25, -0.2) is 13.8 Å². The monoisotopic (exact) mass is 391 g/mol. The Labute approximate surface area is 166 Å². The molecule has 4 aromatic rings. The lowest BCUT2D eigenvalue weighted by Crippen LogP contribution is -2.25. The fourth-order valence-electron chi connectivity index (χ4n) is 3.38. The predicted octanol–water partition coefficient (Wildman–Crippen LogP) is 4.58. The van der Waals surface area contributed by atoms with Crippen LogP contribution in [0.1, 0.15) is 21.7 Å². The maximum Gasteiger partial charge on any atom is 0.251 e. The van der Waals surface area contributed by atoms with Crippen molar-refractivity contribution < 1.29 is 13.6 Å². The minimum Gasteiger partial charge on any atom is -0.352 e. The molecular formula is C23H19F2N3O. The third-order valence-corrected chi connectivity index (χ3v) is 4.78. The number of imidazole rings is 1. The lowest BCUT2D eigenvalue weighted by Gasteiger charge is -2.09. The summed E-state index contributed by atoms with van der Waals surface area (Å²) in [5.41, 5.74) is 3.07. The Hall–Kier alpha value is -3.54. The number of rotatable bonds is 5. The molecular weight excluding hydrogens is 372 g/mol. The Morgan fingerprint density at radius 3 is 2.59 bits per heavy atom. The molecule has 0 aliphatic rings. The molecule has 1 aromatic heterocycles. The summed E-state index contributed by atoms with van der Waals surface area (Å²) in [5.74, 6) is -0.951. The predicted molar refractivity (Wildman–Crippen MR) is 108 cm³/mol. The molecule has 3 aromatic carbocycles. The van der Waals surface area contributed by atoms with Crippen LogP contribution in [0.15, 0.2) is 66.7 Å². The first-order chi connectivity index (χ1) is 14.0. The average Bonchev–Trinajstić information content (AvgIpc) is 3.03. The van der Waals surface area contributed by atoms with Crippen LogP contribution in [0.5, 0.6) is 0 Å². The Bertz CT molecular complexity index is 1190. The van der Waals surface area contributed by atoms with Gasteiger partial charge in [0, 0.05) is 18.2 Å². The number of amides is 1. The van der Waals surface area contributed by atoms with Crippen molar-refractivity contribution in [3.63, 3.8) is 0 Å². The number of hydrogen-bond donors (Lipinski definition) is 1. The van der Waals surface area contributed by atoms with Crippen LogP contribution in [0.25, 0.3) is 16.7 Å². The Morgan fingerprint density at radius 2 is 1.83 bits per heavy atom. The molecule has 146 valence electrons. The molecule has 0 atom stereocenters. The minimum absolute atomic E-state index is 0.192. The van der Waals surface area contributed by atoms with Crippen molar-refractivity contribution in [2.24, 2.45) is 0 Å². The molecule has 0 saturated heterocycles. The maximum atomic E-state index is 14.3. The molecule has 0 saturated carbocycles. The van der Waals surface area contributed by atoms with Crippen molar-refractivity contribution in [1.29, 1.82) is 0 Å². The molecule has 0 radical (unpaired) electrons. The fourth-order valence-corrected chi connectivity index (χ4v) is 3.38. The number of benzene rings is 3. The molecule has 4 nitrogen and oxygen atoms in total. The van der Waals surface area contributed by atoms with Gasteiger partial charge in [-0.05, 0) is 49.2 Å². The van der Waals surface area contributed by atoms with E-state index in [1.807, 2.05) is 30.3 Å². The van der Waals surface area contributed by atoms with E-state index in [-0.39, 0.29) is 11.6 Å². The van der Waals surface area contributed by atoms with Crippen LogP contribution in [0.4, 0.5) is 8.78 Å². The minimum atomic E-state index is -0.671. The first-order valence-corrected chi connectivity index (χ1v) is 9.29. The van der Waals surface area contributed by atoms with Crippen LogP contribution in [0.3, 0.4) is 0 Å². The second-order valence-electron chi connectivity index (χ2n) is 6.79. The van der Waals surface area contributed by atoms with Gasteiger partial charge in [0.15, 0.2) is 0 Å². The van der Waals surface area contributed by atoms with E-state index >= 15 is 0 Å². The van der Waals surface area contributed by atoms with Crippen molar-refractivity contribution in [3.8, 4) is 5.69 Å². The largest absolute Gasteiger partial charge is 0.352 e. The molecule has 1 amide bonds. The highest BCUT2D eigenvalue weighted by Gasteiger charge is 2.15. The number of carbonyl (C=O) groups is 1. The average molecular weight is 391 g/mol. The van der Waals surface area contributed by atoms with Crippen LogP contribution < -0.4 is 5.32 Å². The second kappa shape index (κ2) is 7.83. The third kappa shape index (κ3) is 3.87. The normalized spacial score (nSPS) is 11.0. The SMILES string of the molecule is Cc1nc2cc(C(=O)NCCc3ccccc3)ccc2n1-c1ccc(F)cc1F. The fraction of sp³-hybridized carbons (Fsp3) is 0.130. The number of fused-ring (bicyclic) bond motifs is 1. The highest BCUT2D eigenvalue weighted by atomic mass is 19.1. The summed E-state index contributed by atoms with van der Waals surface area (Å²) in [6.07, 6.45) is 0.742. The number of halogens is 2. The molecule has 0 spiro atoms. The van der Waals surface area contributed by atoms with Crippen LogP contribution in [0, 0.1) is 18.6 Å². The van der Waals surface area contributed by atoms with Gasteiger partial charge in [0.2, 0.25) is 0 Å². The lowest BCUT2D eigenvalue weighted by molar-refractivity contribution is 0.0954. The Morgan fingerprint density at radius 1 is 1.03 bits per heavy atom. The molecule has 29 heavy (non-hydrogen) atoms. The first kappa shape index (κ1) is 18.8. The molecule has 0 bridgehead atoms. The van der Waals surface area contributed by atoms with Gasteiger partial charge in [0.05, 0.1) is 16.7 Å². The first-order valence-electron chi connectivity index (χ1n) is 9.29. The molecule has 4 rings (SSSR count). The molecule has 0 fully saturated rings. The number of nitrogens with zero attached hydrogens (tertiary/aromatic N) is 2. The highest BCUT2D eigenvalue weighted by molar-refractivity contribution is 5.97. The summed E-state index contributed by atoms with van der Waals surface area (Å²) in [6.45, 7) is 2.26. The number of nitrogens with one attached hydrogen (secondary N) is 1. The zero-order valence-corrected chi connectivity index (χ0v) is 15.8. The summed E-state index contributed by atoms with van der Waals surface area (Å²) in [5, 5.41) is 2.91. The third-order valence-electron chi connectivity index (χ3n) is 4.78. The van der Waals surface area contributed by atoms with Gasteiger partial charge >= 0.3 is 0 Å². The van der Waals surface area contributed by atoms with Gasteiger partial charge in [0.25, 0.3) is 5.91 Å². The zero-order valence-electron chi connectivity index (χ0n) is 15.8. The Kier molecular flexibility index (Phi) is 5.08. The summed E-state index contributed by atoms with van der Waals surface area (Å²) in [7, 11) is 0. The van der Waals surface area contributed by atoms with Crippen LogP contribution >= 0.6 is 0 Å². The van der Waals surface area contributed by atoms with Crippen molar-refractivity contribution in [3.05, 3.63) is 95.3 Å². The summed E-state index contributed by atoms with van der Waals surface area (Å²) >= 11 is 0. The topological polar surface area (TPSA) is 46.9 Å². The van der Waals surface area contributed by atoms with Crippen molar-refractivity contribution in [2.75, 3.05) is 6.54 Å². The van der Waals surface area contributed by atoms with E-state index in [0.29, 0.717) is 29.0 Å². The molecule has 0 aliphatic carbocycles. The van der Waals surface area contributed by atoms with E-state index < -0.39 is 11.6 Å². The van der Waals surface area contributed by atoms with Gasteiger partial charge in [-0.15, -0.1) is 0 Å². The standard InChI is InChI=1S/C23H19F2N3O/c1-15-27-20-13-17(23(29)26-12-11-16-5-3-2-4-6-16)7-9-22(20)28(15)21-10-8-18(24)14-19(21)25/h2-10,13-14H,11-12H2,1H3,(H,26,29). The van der Waals surface area contributed by atoms with Crippen molar-refractivity contribution in [1.82, 2.24) is 14.9 Å². The summed E-state index contributed by atoms with van der Waals surface area (Å²) in [6, 6.07) is 18.4. The van der Waals surface area contributed by atoms with Crippen LogP contribution in [-0.4, -0.2) is 22.0 Å². The van der Waals surface area contributed by atoms with E-state index in [2.05, 4.69) is 10.3 Å². The van der Waals surface area contributed by atoms with Crippen LogP contribution in [-0.2, 0) is 6.42 Å². The highest BCUT2D eigenvalue weighted by Crippen LogP contribution is 2.24. The van der Waals surface area contributed by atoms with Gasteiger partial charge in [0.1, 0.15) is 17.5 Å². The number of carbonyl (C=O) groups excluding carboxylic acids is 1. The van der Waals surface area contributed by atoms with E-state index in [4.69, 9.17) is 0 Å². The zero-order chi connectivity index (χ0) is 20.4. The maximum absolute atomic E-state index is 14.3. The van der Waals surface area contributed by atoms with Gasteiger partial charge in [-0.3, -0.25) is 9.36 Å². The van der Waals surface area contributed by atoms with Gasteiger partial charge < -0.3 is 5.32 Å². The molecule has 0 unspecified atom stereocenters. The van der Waals surface area contributed by atoms with E-state index in [1.54, 1.807) is 29.7 Å². The molecule has 1 heterocycles. The Balaban J connectivity index is 1.56. The summed E-state index contributed by atoms with van der Waals surface area (Å²) in [4.78, 5) is 16.9. The van der Waals surface area contributed by atoms with Gasteiger partial charge in [-0.1, -0.05) is 30.3 Å². The van der Waals surface area contributed by atoms with Crippen molar-refractivity contribution >= 4 is 16.9 Å². The molecule has 6 heteroatoms. The molecule has 0 aliphatic heterocycles. The smallest absolute Gasteiger partial charge is 0.251 e. The van der Waals surface area contributed by atoms with E-state index in [1.165, 1.54) is 12.1 Å². The quantitative estimate of drug-likeness (QED) is 0.541. The van der Waals surface area contributed by atoms with Gasteiger partial charge in [-0.2, -0.15) is 0 Å². The summed E-state index contributed by atoms with van der Waals surface area (Å²) < 4.78 is 29.1. The number of aryl methyl sites for hydroxylation is 1. The number of hydrogen-bond acceptors (Lipinski definition) is 2. The molecule has 1 N–H and O–H groups in total.